The van der Waals surface area contributed by atoms with Crippen molar-refractivity contribution >= 4 is 45.8 Å². The van der Waals surface area contributed by atoms with Crippen LogP contribution in [0.25, 0.3) is 0 Å². The Hall–Kier alpha value is -2.64. The molecule has 1 aromatic carbocycles. The number of benzene rings is 1. The molecule has 0 aliphatic carbocycles. The van der Waals surface area contributed by atoms with Crippen molar-refractivity contribution in [3.63, 3.8) is 0 Å². The quantitative estimate of drug-likeness (QED) is 0.681. The number of pyridine rings is 1. The summed E-state index contributed by atoms with van der Waals surface area (Å²) >= 11 is 7.49. The summed E-state index contributed by atoms with van der Waals surface area (Å²) in [6.45, 7) is 3.83. The smallest absolute Gasteiger partial charge is 0.273 e. The van der Waals surface area contributed by atoms with E-state index in [-0.39, 0.29) is 11.4 Å². The van der Waals surface area contributed by atoms with Gasteiger partial charge in [0.25, 0.3) is 5.56 Å². The van der Waals surface area contributed by atoms with Crippen LogP contribution in [0.3, 0.4) is 0 Å². The summed E-state index contributed by atoms with van der Waals surface area (Å²) in [7, 11) is 0. The Bertz CT molecular complexity index is 991. The van der Waals surface area contributed by atoms with Crippen LogP contribution in [0.2, 0.25) is 5.15 Å². The Morgan fingerprint density at radius 1 is 1.24 bits per heavy atom. The largest absolute Gasteiger partial charge is 0.384 e. The van der Waals surface area contributed by atoms with Gasteiger partial charge in [-0.05, 0) is 37.6 Å². The molecule has 0 aliphatic heterocycles. The van der Waals surface area contributed by atoms with Gasteiger partial charge in [0.2, 0.25) is 0 Å². The standard InChI is InChI=1S/C17H16ClN5OS/c1-10-3-5-12(6-4-10)21-17-22-16(18)13(25-17)9-20-23-14(19)7-11(2)8-15(23)24/h3-9H,19H2,1-2H3,(H,21,22)/b20-9+. The van der Waals surface area contributed by atoms with Crippen molar-refractivity contribution in [3.05, 3.63) is 67.9 Å². The first-order valence-corrected chi connectivity index (χ1v) is 8.65. The van der Waals surface area contributed by atoms with E-state index in [1.165, 1.54) is 29.2 Å². The molecule has 8 heteroatoms. The van der Waals surface area contributed by atoms with Gasteiger partial charge in [-0.3, -0.25) is 4.79 Å². The fourth-order valence-electron chi connectivity index (χ4n) is 2.16. The lowest BCUT2D eigenvalue weighted by atomic mass is 10.2. The molecule has 0 spiro atoms. The van der Waals surface area contributed by atoms with E-state index in [0.717, 1.165) is 15.9 Å². The predicted octanol–water partition coefficient (Wildman–Crippen LogP) is 3.78. The highest BCUT2D eigenvalue weighted by molar-refractivity contribution is 7.17. The number of hydrogen-bond donors (Lipinski definition) is 2. The number of nitrogens with zero attached hydrogens (tertiary/aromatic N) is 3. The predicted molar refractivity (Wildman–Crippen MR) is 104 cm³/mol. The zero-order valence-electron chi connectivity index (χ0n) is 13.7. The second-order valence-electron chi connectivity index (χ2n) is 5.52. The summed E-state index contributed by atoms with van der Waals surface area (Å²) in [6.07, 6.45) is 1.48. The SMILES string of the molecule is Cc1ccc(Nc2nc(Cl)c(/C=N/n3c(N)cc(C)cc3=O)s2)cc1. The minimum absolute atomic E-state index is 0.264. The summed E-state index contributed by atoms with van der Waals surface area (Å²) in [5, 5.41) is 8.26. The molecule has 3 rings (SSSR count). The number of aryl methyl sites for hydroxylation is 2. The van der Waals surface area contributed by atoms with Gasteiger partial charge in [0.05, 0.1) is 11.1 Å². The Morgan fingerprint density at radius 3 is 2.64 bits per heavy atom. The third kappa shape index (κ3) is 4.07. The molecule has 0 atom stereocenters. The molecule has 6 nitrogen and oxygen atoms in total. The van der Waals surface area contributed by atoms with Gasteiger partial charge in [-0.15, -0.1) is 0 Å². The molecule has 3 N–H and O–H groups in total. The van der Waals surface area contributed by atoms with Crippen LogP contribution in [-0.2, 0) is 0 Å². The molecule has 0 bridgehead atoms. The van der Waals surface area contributed by atoms with Gasteiger partial charge in [-0.2, -0.15) is 9.78 Å². The molecule has 3 aromatic rings. The first-order chi connectivity index (χ1) is 11.9. The molecular formula is C17H16ClN5OS. The van der Waals surface area contributed by atoms with Crippen LogP contribution in [0.5, 0.6) is 0 Å². The van der Waals surface area contributed by atoms with Gasteiger partial charge in [0, 0.05) is 11.8 Å². The first kappa shape index (κ1) is 17.2. The molecule has 2 aromatic heterocycles. The minimum Gasteiger partial charge on any atom is -0.384 e. The summed E-state index contributed by atoms with van der Waals surface area (Å²) in [6, 6.07) is 11.1. The third-order valence-corrected chi connectivity index (χ3v) is 4.69. The number of thiazole rings is 1. The van der Waals surface area contributed by atoms with Crippen LogP contribution in [0.4, 0.5) is 16.6 Å². The van der Waals surface area contributed by atoms with Crippen LogP contribution in [0, 0.1) is 13.8 Å². The van der Waals surface area contributed by atoms with Gasteiger partial charge in [0.1, 0.15) is 5.82 Å². The lowest BCUT2D eigenvalue weighted by Crippen LogP contribution is -2.19. The maximum atomic E-state index is 12.0. The highest BCUT2D eigenvalue weighted by Crippen LogP contribution is 2.28. The molecule has 0 radical (unpaired) electrons. The molecule has 0 saturated heterocycles. The first-order valence-electron chi connectivity index (χ1n) is 7.46. The Kier molecular flexibility index (Phi) is 4.87. The molecular weight excluding hydrogens is 358 g/mol. The second kappa shape index (κ2) is 7.08. The van der Waals surface area contributed by atoms with Gasteiger partial charge < -0.3 is 11.1 Å². The van der Waals surface area contributed by atoms with Crippen molar-refractivity contribution in [2.24, 2.45) is 5.10 Å². The van der Waals surface area contributed by atoms with E-state index in [9.17, 15) is 4.79 Å². The van der Waals surface area contributed by atoms with Crippen molar-refractivity contribution in [3.8, 4) is 0 Å². The number of nitrogens with two attached hydrogens (primary N) is 1. The number of rotatable bonds is 4. The van der Waals surface area contributed by atoms with Crippen LogP contribution < -0.4 is 16.6 Å². The number of hydrogen-bond acceptors (Lipinski definition) is 6. The van der Waals surface area contributed by atoms with Gasteiger partial charge in [-0.1, -0.05) is 40.6 Å². The van der Waals surface area contributed by atoms with Crippen molar-refractivity contribution in [1.82, 2.24) is 9.66 Å². The summed E-state index contributed by atoms with van der Waals surface area (Å²) in [4.78, 5) is 16.8. The van der Waals surface area contributed by atoms with Crippen molar-refractivity contribution in [2.45, 2.75) is 13.8 Å². The summed E-state index contributed by atoms with van der Waals surface area (Å²) < 4.78 is 1.12. The molecule has 2 heterocycles. The van der Waals surface area contributed by atoms with Crippen LogP contribution in [0.1, 0.15) is 16.0 Å². The zero-order valence-corrected chi connectivity index (χ0v) is 15.2. The van der Waals surface area contributed by atoms with E-state index >= 15 is 0 Å². The molecule has 0 amide bonds. The Labute approximate surface area is 153 Å². The molecule has 0 fully saturated rings. The normalized spacial score (nSPS) is 11.2. The minimum atomic E-state index is -0.299. The maximum Gasteiger partial charge on any atom is 0.273 e. The Balaban J connectivity index is 1.83. The van der Waals surface area contributed by atoms with Gasteiger partial charge in [0.15, 0.2) is 10.3 Å². The van der Waals surface area contributed by atoms with Gasteiger partial charge >= 0.3 is 0 Å². The number of nitrogen functional groups attached to an aromatic ring is 1. The van der Waals surface area contributed by atoms with Gasteiger partial charge in [-0.25, -0.2) is 4.98 Å². The number of halogens is 1. The lowest BCUT2D eigenvalue weighted by molar-refractivity contribution is 0.844. The third-order valence-electron chi connectivity index (χ3n) is 3.38. The monoisotopic (exact) mass is 373 g/mol. The molecule has 0 aliphatic rings. The Morgan fingerprint density at radius 2 is 1.96 bits per heavy atom. The average Bonchev–Trinajstić information content (AvgIpc) is 2.88. The average molecular weight is 374 g/mol. The number of anilines is 3. The van der Waals surface area contributed by atoms with E-state index in [0.29, 0.717) is 15.2 Å². The highest BCUT2D eigenvalue weighted by Gasteiger charge is 2.08. The maximum absolute atomic E-state index is 12.0. The molecule has 128 valence electrons. The van der Waals surface area contributed by atoms with Crippen molar-refractivity contribution < 1.29 is 0 Å². The zero-order chi connectivity index (χ0) is 18.0. The fraction of sp³-hybridized carbons (Fsp3) is 0.118. The van der Waals surface area contributed by atoms with Crippen molar-refractivity contribution in [2.75, 3.05) is 11.1 Å². The van der Waals surface area contributed by atoms with E-state index < -0.39 is 0 Å². The molecule has 0 unspecified atom stereocenters. The molecule has 25 heavy (non-hydrogen) atoms. The van der Waals surface area contributed by atoms with Crippen LogP contribution in [0.15, 0.2) is 46.3 Å². The van der Waals surface area contributed by atoms with E-state index in [1.54, 1.807) is 13.0 Å². The fourth-order valence-corrected chi connectivity index (χ4v) is 3.20. The van der Waals surface area contributed by atoms with E-state index in [2.05, 4.69) is 15.4 Å². The lowest BCUT2D eigenvalue weighted by Gasteiger charge is -2.03. The van der Waals surface area contributed by atoms with E-state index in [1.807, 2.05) is 31.2 Å². The summed E-state index contributed by atoms with van der Waals surface area (Å²) in [5.41, 5.74) is 8.42. The molecule has 0 saturated carbocycles. The summed E-state index contributed by atoms with van der Waals surface area (Å²) in [5.74, 6) is 0.264. The topological polar surface area (TPSA) is 85.3 Å². The number of aromatic nitrogens is 2. The van der Waals surface area contributed by atoms with Crippen LogP contribution in [-0.4, -0.2) is 15.9 Å². The second-order valence-corrected chi connectivity index (χ2v) is 6.91. The number of nitrogens with one attached hydrogen (secondary N) is 1. The highest BCUT2D eigenvalue weighted by atomic mass is 35.5. The van der Waals surface area contributed by atoms with E-state index in [4.69, 9.17) is 17.3 Å². The van der Waals surface area contributed by atoms with Crippen molar-refractivity contribution in [1.29, 1.82) is 0 Å². The van der Waals surface area contributed by atoms with Crippen LogP contribution >= 0.6 is 22.9 Å².